The molecule has 0 aliphatic rings. The lowest BCUT2D eigenvalue weighted by molar-refractivity contribution is 0.471. The number of phenols is 1. The number of anilines is 1. The Morgan fingerprint density at radius 1 is 1.22 bits per heavy atom. The zero-order valence-corrected chi connectivity index (χ0v) is 12.2. The van der Waals surface area contributed by atoms with Crippen molar-refractivity contribution < 1.29 is 5.11 Å². The molecule has 0 atom stereocenters. The Kier molecular flexibility index (Phi) is 4.15. The quantitative estimate of drug-likeness (QED) is 0.799. The molecule has 0 unspecified atom stereocenters. The van der Waals surface area contributed by atoms with Crippen LogP contribution in [-0.4, -0.2) is 5.11 Å². The predicted octanol–water partition coefficient (Wildman–Crippen LogP) is 4.73. The van der Waals surface area contributed by atoms with E-state index in [0.29, 0.717) is 17.3 Å². The number of aromatic hydroxyl groups is 1. The molecular weight excluding hydrogens is 314 g/mol. The minimum absolute atomic E-state index is 0.312. The van der Waals surface area contributed by atoms with Gasteiger partial charge >= 0.3 is 0 Å². The summed E-state index contributed by atoms with van der Waals surface area (Å²) in [6.45, 7) is 2.56. The zero-order valence-electron chi connectivity index (χ0n) is 9.87. The third-order valence-electron chi connectivity index (χ3n) is 2.68. The van der Waals surface area contributed by atoms with E-state index in [0.717, 1.165) is 21.3 Å². The van der Waals surface area contributed by atoms with E-state index in [2.05, 4.69) is 21.2 Å². The highest BCUT2D eigenvalue weighted by atomic mass is 79.9. The first-order valence-corrected chi connectivity index (χ1v) is 6.71. The molecule has 0 aliphatic heterocycles. The van der Waals surface area contributed by atoms with Gasteiger partial charge in [0.1, 0.15) is 5.75 Å². The van der Waals surface area contributed by atoms with Gasteiger partial charge in [-0.25, -0.2) is 0 Å². The van der Waals surface area contributed by atoms with Crippen molar-refractivity contribution in [1.82, 2.24) is 0 Å². The molecule has 0 heterocycles. The molecule has 94 valence electrons. The molecule has 0 saturated heterocycles. The number of rotatable bonds is 3. The number of phenolic OH excluding ortho intramolecular Hbond substituents is 1. The highest BCUT2D eigenvalue weighted by Gasteiger charge is 2.01. The third-order valence-corrected chi connectivity index (χ3v) is 3.91. The monoisotopic (exact) mass is 325 g/mol. The number of aryl methyl sites for hydroxylation is 1. The molecule has 0 spiro atoms. The van der Waals surface area contributed by atoms with Crippen molar-refractivity contribution in [2.75, 3.05) is 5.32 Å². The van der Waals surface area contributed by atoms with Gasteiger partial charge in [-0.3, -0.25) is 0 Å². The highest BCUT2D eigenvalue weighted by Crippen LogP contribution is 2.24. The van der Waals surface area contributed by atoms with Gasteiger partial charge in [0.2, 0.25) is 0 Å². The summed E-state index contributed by atoms with van der Waals surface area (Å²) >= 11 is 9.40. The van der Waals surface area contributed by atoms with Gasteiger partial charge < -0.3 is 10.4 Å². The van der Waals surface area contributed by atoms with Crippen molar-refractivity contribution in [2.45, 2.75) is 13.5 Å². The Labute approximate surface area is 120 Å². The van der Waals surface area contributed by atoms with Gasteiger partial charge in [-0.15, -0.1) is 0 Å². The summed E-state index contributed by atoms with van der Waals surface area (Å²) in [4.78, 5) is 0. The molecule has 0 amide bonds. The smallest absolute Gasteiger partial charge is 0.118 e. The molecule has 0 bridgehead atoms. The average molecular weight is 327 g/mol. The third kappa shape index (κ3) is 3.18. The van der Waals surface area contributed by atoms with Crippen molar-refractivity contribution >= 4 is 33.2 Å². The summed E-state index contributed by atoms with van der Waals surface area (Å²) in [5.74, 6) is 0.312. The number of benzene rings is 2. The summed E-state index contributed by atoms with van der Waals surface area (Å²) < 4.78 is 0.897. The highest BCUT2D eigenvalue weighted by molar-refractivity contribution is 9.10. The van der Waals surface area contributed by atoms with Crippen LogP contribution in [-0.2, 0) is 6.54 Å². The van der Waals surface area contributed by atoms with E-state index in [1.807, 2.05) is 37.3 Å². The average Bonchev–Trinajstić information content (AvgIpc) is 2.35. The maximum Gasteiger partial charge on any atom is 0.118 e. The van der Waals surface area contributed by atoms with E-state index >= 15 is 0 Å². The Balaban J connectivity index is 2.06. The van der Waals surface area contributed by atoms with Crippen LogP contribution in [0.15, 0.2) is 40.9 Å². The summed E-state index contributed by atoms with van der Waals surface area (Å²) in [7, 11) is 0. The lowest BCUT2D eigenvalue weighted by Crippen LogP contribution is -1.99. The van der Waals surface area contributed by atoms with Crippen molar-refractivity contribution in [2.24, 2.45) is 0 Å². The minimum atomic E-state index is 0.312. The molecule has 2 nitrogen and oxygen atoms in total. The fraction of sp³-hybridized carbons (Fsp3) is 0.143. The lowest BCUT2D eigenvalue weighted by atomic mass is 10.2. The van der Waals surface area contributed by atoms with E-state index in [-0.39, 0.29) is 0 Å². The summed E-state index contributed by atoms with van der Waals surface area (Å²) in [6, 6.07) is 11.3. The Morgan fingerprint density at radius 3 is 2.67 bits per heavy atom. The van der Waals surface area contributed by atoms with E-state index in [4.69, 9.17) is 11.6 Å². The molecule has 0 radical (unpaired) electrons. The molecule has 0 aliphatic carbocycles. The first-order chi connectivity index (χ1) is 8.56. The Morgan fingerprint density at radius 2 is 2.00 bits per heavy atom. The van der Waals surface area contributed by atoms with E-state index in [1.165, 1.54) is 0 Å². The largest absolute Gasteiger partial charge is 0.508 e. The zero-order chi connectivity index (χ0) is 13.1. The lowest BCUT2D eigenvalue weighted by Gasteiger charge is -2.09. The molecule has 2 aromatic rings. The van der Waals surface area contributed by atoms with Crippen LogP contribution in [0.5, 0.6) is 5.75 Å². The second-order valence-electron chi connectivity index (χ2n) is 4.10. The first-order valence-electron chi connectivity index (χ1n) is 5.53. The molecule has 0 aromatic heterocycles. The van der Waals surface area contributed by atoms with Crippen LogP contribution in [0.3, 0.4) is 0 Å². The second-order valence-corrected chi connectivity index (χ2v) is 5.36. The van der Waals surface area contributed by atoms with Crippen LogP contribution in [0.1, 0.15) is 11.1 Å². The maximum atomic E-state index is 9.45. The molecule has 4 heteroatoms. The van der Waals surface area contributed by atoms with Gasteiger partial charge in [-0.05, 0) is 64.3 Å². The molecule has 2 aromatic carbocycles. The number of halogens is 2. The van der Waals surface area contributed by atoms with Crippen LogP contribution in [0.2, 0.25) is 5.02 Å². The van der Waals surface area contributed by atoms with Gasteiger partial charge in [0.25, 0.3) is 0 Å². The van der Waals surface area contributed by atoms with Crippen molar-refractivity contribution in [3.8, 4) is 5.75 Å². The van der Waals surface area contributed by atoms with Gasteiger partial charge in [0, 0.05) is 16.7 Å². The molecule has 18 heavy (non-hydrogen) atoms. The van der Waals surface area contributed by atoms with Crippen LogP contribution in [0, 0.1) is 6.92 Å². The van der Waals surface area contributed by atoms with Crippen LogP contribution in [0.4, 0.5) is 5.69 Å². The van der Waals surface area contributed by atoms with Gasteiger partial charge in [-0.1, -0.05) is 17.7 Å². The standard InChI is InChI=1S/C14H13BrClNO/c1-9-6-11(3-5-14(9)18)17-8-10-2-4-12(15)13(16)7-10/h2-7,17-18H,8H2,1H3. The molecule has 2 rings (SSSR count). The molecule has 2 N–H and O–H groups in total. The number of hydrogen-bond acceptors (Lipinski definition) is 2. The van der Waals surface area contributed by atoms with E-state index < -0.39 is 0 Å². The normalized spacial score (nSPS) is 10.4. The van der Waals surface area contributed by atoms with Crippen LogP contribution >= 0.6 is 27.5 Å². The Hall–Kier alpha value is -1.19. The number of nitrogens with one attached hydrogen (secondary N) is 1. The van der Waals surface area contributed by atoms with Crippen LogP contribution in [0.25, 0.3) is 0 Å². The van der Waals surface area contributed by atoms with Crippen molar-refractivity contribution in [1.29, 1.82) is 0 Å². The fourth-order valence-corrected chi connectivity index (χ4v) is 2.07. The topological polar surface area (TPSA) is 32.3 Å². The second kappa shape index (κ2) is 5.63. The van der Waals surface area contributed by atoms with E-state index in [9.17, 15) is 5.11 Å². The van der Waals surface area contributed by atoms with Gasteiger partial charge in [0.05, 0.1) is 5.02 Å². The summed E-state index contributed by atoms with van der Waals surface area (Å²) in [6.07, 6.45) is 0. The predicted molar refractivity (Wildman–Crippen MR) is 79.3 cm³/mol. The van der Waals surface area contributed by atoms with Crippen LogP contribution < -0.4 is 5.32 Å². The number of hydrogen-bond donors (Lipinski definition) is 2. The van der Waals surface area contributed by atoms with E-state index in [1.54, 1.807) is 6.07 Å². The SMILES string of the molecule is Cc1cc(NCc2ccc(Br)c(Cl)c2)ccc1O. The van der Waals surface area contributed by atoms with Gasteiger partial charge in [0.15, 0.2) is 0 Å². The van der Waals surface area contributed by atoms with Crippen molar-refractivity contribution in [3.05, 3.63) is 57.0 Å². The molecule has 0 fully saturated rings. The summed E-state index contributed by atoms with van der Waals surface area (Å²) in [5.41, 5.74) is 2.94. The Bertz CT molecular complexity index is 520. The fourth-order valence-electron chi connectivity index (χ4n) is 1.62. The molecular formula is C14H13BrClNO. The van der Waals surface area contributed by atoms with Gasteiger partial charge in [-0.2, -0.15) is 0 Å². The maximum absolute atomic E-state index is 9.45. The minimum Gasteiger partial charge on any atom is -0.508 e. The summed E-state index contributed by atoms with van der Waals surface area (Å²) in [5, 5.41) is 13.4. The first kappa shape index (κ1) is 13.2. The molecule has 0 saturated carbocycles. The van der Waals surface area contributed by atoms with Crippen molar-refractivity contribution in [3.63, 3.8) is 0 Å².